The molecule has 0 aliphatic carbocycles. The molecule has 1 aliphatic heterocycles. The van der Waals surface area contributed by atoms with Crippen LogP contribution >= 0.6 is 0 Å². The molecule has 1 aliphatic rings. The zero-order valence-electron chi connectivity index (χ0n) is 14.4. The average molecular weight is 369 g/mol. The topological polar surface area (TPSA) is 42.2 Å². The number of nitriles is 1. The minimum atomic E-state index is -1.22. The summed E-state index contributed by atoms with van der Waals surface area (Å²) < 4.78 is 52.0. The molecule has 136 valence electrons. The van der Waals surface area contributed by atoms with Crippen LogP contribution in [0.1, 0.15) is 29.2 Å². The van der Waals surface area contributed by atoms with Crippen molar-refractivity contribution in [1.29, 1.82) is 5.26 Å². The van der Waals surface area contributed by atoms with Gasteiger partial charge in [0, 0.05) is 17.2 Å². The van der Waals surface area contributed by atoms with Crippen molar-refractivity contribution in [3.8, 4) is 17.6 Å². The van der Waals surface area contributed by atoms with Crippen molar-refractivity contribution in [2.24, 2.45) is 0 Å². The maximum Gasteiger partial charge on any atom is 0.161 e. The number of rotatable bonds is 2. The third kappa shape index (κ3) is 2.85. The molecule has 0 aromatic heterocycles. The smallest absolute Gasteiger partial charge is 0.161 e. The lowest BCUT2D eigenvalue weighted by atomic mass is 9.92. The molecule has 0 fully saturated rings. The average Bonchev–Trinajstić information content (AvgIpc) is 2.69. The standard InChI is InChI=1S/C21H14F3NO2/c1-26-21-8-14-11(6-12(21)10-25)2-4-19-13(14)3-5-20(27-19)15-7-17(23)18(24)9-16(15)22/h2,4,6-9,20H,3,5H2,1H3/t20-/m0/s1. The molecule has 0 bridgehead atoms. The monoisotopic (exact) mass is 369 g/mol. The molecule has 0 amide bonds. The van der Waals surface area contributed by atoms with Crippen molar-refractivity contribution in [2.45, 2.75) is 18.9 Å². The maximum atomic E-state index is 14.1. The maximum absolute atomic E-state index is 14.1. The zero-order chi connectivity index (χ0) is 19.1. The minimum Gasteiger partial charge on any atom is -0.495 e. The fourth-order valence-corrected chi connectivity index (χ4v) is 3.51. The van der Waals surface area contributed by atoms with Crippen molar-refractivity contribution in [1.82, 2.24) is 0 Å². The minimum absolute atomic E-state index is 0.00273. The summed E-state index contributed by atoms with van der Waals surface area (Å²) in [4.78, 5) is 0. The van der Waals surface area contributed by atoms with E-state index in [-0.39, 0.29) is 5.56 Å². The van der Waals surface area contributed by atoms with Crippen LogP contribution in [0.5, 0.6) is 11.5 Å². The van der Waals surface area contributed by atoms with Gasteiger partial charge in [-0.3, -0.25) is 0 Å². The van der Waals surface area contributed by atoms with E-state index in [9.17, 15) is 18.4 Å². The van der Waals surface area contributed by atoms with Gasteiger partial charge in [0.1, 0.15) is 29.5 Å². The summed E-state index contributed by atoms with van der Waals surface area (Å²) in [5, 5.41) is 11.0. The van der Waals surface area contributed by atoms with Crippen LogP contribution in [0.25, 0.3) is 10.8 Å². The molecular weight excluding hydrogens is 355 g/mol. The molecule has 3 nitrogen and oxygen atoms in total. The Bertz CT molecular complexity index is 1110. The number of aryl methyl sites for hydroxylation is 1. The normalized spacial score (nSPS) is 15.7. The highest BCUT2D eigenvalue weighted by atomic mass is 19.2. The van der Waals surface area contributed by atoms with Crippen LogP contribution in [0.15, 0.2) is 36.4 Å². The first-order valence-electron chi connectivity index (χ1n) is 8.36. The van der Waals surface area contributed by atoms with Crippen LogP contribution in [0.2, 0.25) is 0 Å². The quantitative estimate of drug-likeness (QED) is 0.583. The largest absolute Gasteiger partial charge is 0.495 e. The van der Waals surface area contributed by atoms with Gasteiger partial charge in [-0.05, 0) is 47.9 Å². The number of ether oxygens (including phenoxy) is 2. The molecule has 4 rings (SSSR count). The Morgan fingerprint density at radius 3 is 2.59 bits per heavy atom. The third-order valence-electron chi connectivity index (χ3n) is 4.84. The van der Waals surface area contributed by atoms with Gasteiger partial charge < -0.3 is 9.47 Å². The van der Waals surface area contributed by atoms with Gasteiger partial charge in [0.25, 0.3) is 0 Å². The molecule has 0 unspecified atom stereocenters. The molecular formula is C21H14F3NO2. The van der Waals surface area contributed by atoms with Crippen molar-refractivity contribution in [2.75, 3.05) is 7.11 Å². The SMILES string of the molecule is COc1cc2c3c(ccc2cc1C#N)O[C@H](c1cc(F)c(F)cc1F)CC3. The summed E-state index contributed by atoms with van der Waals surface area (Å²) in [6, 6.07) is 10.6. The van der Waals surface area contributed by atoms with Crippen LogP contribution < -0.4 is 9.47 Å². The van der Waals surface area contributed by atoms with Crippen LogP contribution in [-0.4, -0.2) is 7.11 Å². The van der Waals surface area contributed by atoms with Gasteiger partial charge in [-0.2, -0.15) is 5.26 Å². The first-order valence-corrected chi connectivity index (χ1v) is 8.36. The Hall–Kier alpha value is -3.20. The van der Waals surface area contributed by atoms with Gasteiger partial charge >= 0.3 is 0 Å². The van der Waals surface area contributed by atoms with E-state index in [1.54, 1.807) is 24.3 Å². The predicted octanol–water partition coefficient (Wildman–Crippen LogP) is 5.20. The fourth-order valence-electron chi connectivity index (χ4n) is 3.51. The Morgan fingerprint density at radius 1 is 1.07 bits per heavy atom. The van der Waals surface area contributed by atoms with Crippen LogP contribution in [0.3, 0.4) is 0 Å². The Balaban J connectivity index is 1.77. The van der Waals surface area contributed by atoms with E-state index in [1.807, 2.05) is 0 Å². The number of nitrogens with zero attached hydrogens (tertiary/aromatic N) is 1. The summed E-state index contributed by atoms with van der Waals surface area (Å²) in [6.07, 6.45) is 0.270. The second kappa shape index (κ2) is 6.51. The molecule has 3 aromatic carbocycles. The molecule has 6 heteroatoms. The van der Waals surface area contributed by atoms with E-state index in [2.05, 4.69) is 6.07 Å². The van der Waals surface area contributed by atoms with Gasteiger partial charge in [0.05, 0.1) is 12.7 Å². The molecule has 0 N–H and O–H groups in total. The zero-order valence-corrected chi connectivity index (χ0v) is 14.4. The predicted molar refractivity (Wildman–Crippen MR) is 93.2 cm³/mol. The van der Waals surface area contributed by atoms with Crippen LogP contribution in [0, 0.1) is 28.8 Å². The van der Waals surface area contributed by atoms with Gasteiger partial charge in [-0.25, -0.2) is 13.2 Å². The lowest BCUT2D eigenvalue weighted by molar-refractivity contribution is 0.172. The van der Waals surface area contributed by atoms with Crippen LogP contribution in [0.4, 0.5) is 13.2 Å². The number of hydrogen-bond acceptors (Lipinski definition) is 3. The molecule has 0 radical (unpaired) electrons. The van der Waals surface area contributed by atoms with Gasteiger partial charge in [0.15, 0.2) is 11.6 Å². The highest BCUT2D eigenvalue weighted by Gasteiger charge is 2.27. The van der Waals surface area contributed by atoms with Crippen molar-refractivity contribution < 1.29 is 22.6 Å². The summed E-state index contributed by atoms with van der Waals surface area (Å²) in [5.41, 5.74) is 1.34. The summed E-state index contributed by atoms with van der Waals surface area (Å²) in [5.74, 6) is -2.14. The third-order valence-corrected chi connectivity index (χ3v) is 4.84. The lowest BCUT2D eigenvalue weighted by Gasteiger charge is -2.28. The Morgan fingerprint density at radius 2 is 1.85 bits per heavy atom. The van der Waals surface area contributed by atoms with Crippen molar-refractivity contribution in [3.63, 3.8) is 0 Å². The molecule has 0 saturated heterocycles. The van der Waals surface area contributed by atoms with E-state index in [4.69, 9.17) is 9.47 Å². The summed E-state index contributed by atoms with van der Waals surface area (Å²) in [7, 11) is 1.50. The van der Waals surface area contributed by atoms with Gasteiger partial charge in [0.2, 0.25) is 0 Å². The van der Waals surface area contributed by atoms with Crippen molar-refractivity contribution >= 4 is 10.8 Å². The number of methoxy groups -OCH3 is 1. The van der Waals surface area contributed by atoms with E-state index in [0.29, 0.717) is 36.0 Å². The molecule has 27 heavy (non-hydrogen) atoms. The summed E-state index contributed by atoms with van der Waals surface area (Å²) in [6.45, 7) is 0. The first kappa shape index (κ1) is 17.2. The van der Waals surface area contributed by atoms with E-state index in [0.717, 1.165) is 22.4 Å². The molecule has 1 atom stereocenters. The first-order chi connectivity index (χ1) is 13.0. The number of benzene rings is 3. The molecule has 3 aromatic rings. The highest BCUT2D eigenvalue weighted by Crippen LogP contribution is 2.41. The highest BCUT2D eigenvalue weighted by molar-refractivity contribution is 5.90. The van der Waals surface area contributed by atoms with Gasteiger partial charge in [-0.15, -0.1) is 0 Å². The fraction of sp³-hybridized carbons (Fsp3) is 0.190. The Kier molecular flexibility index (Phi) is 4.15. The molecule has 0 spiro atoms. The second-order valence-electron chi connectivity index (χ2n) is 6.36. The molecule has 0 saturated carbocycles. The van der Waals surface area contributed by atoms with Crippen molar-refractivity contribution in [3.05, 3.63) is 70.5 Å². The lowest BCUT2D eigenvalue weighted by Crippen LogP contribution is -2.17. The van der Waals surface area contributed by atoms with E-state index in [1.165, 1.54) is 7.11 Å². The summed E-state index contributed by atoms with van der Waals surface area (Å²) >= 11 is 0. The van der Waals surface area contributed by atoms with Gasteiger partial charge in [-0.1, -0.05) is 6.07 Å². The second-order valence-corrected chi connectivity index (χ2v) is 6.36. The van der Waals surface area contributed by atoms with E-state index >= 15 is 0 Å². The number of hydrogen-bond donors (Lipinski definition) is 0. The van der Waals surface area contributed by atoms with E-state index < -0.39 is 23.6 Å². The van der Waals surface area contributed by atoms with Crippen LogP contribution in [-0.2, 0) is 6.42 Å². The number of fused-ring (bicyclic) bond motifs is 3. The number of halogens is 3. The molecule has 1 heterocycles. The Labute approximate surface area is 153 Å².